The van der Waals surface area contributed by atoms with Gasteiger partial charge in [0.25, 0.3) is 0 Å². The van der Waals surface area contributed by atoms with Gasteiger partial charge in [0.2, 0.25) is 10.0 Å². The van der Waals surface area contributed by atoms with E-state index in [-0.39, 0.29) is 11.5 Å². The summed E-state index contributed by atoms with van der Waals surface area (Å²) >= 11 is 0. The molecule has 10 heteroatoms. The number of aliphatic hydroxyl groups excluding tert-OH is 1. The van der Waals surface area contributed by atoms with Crippen LogP contribution in [0.2, 0.25) is 0 Å². The predicted molar refractivity (Wildman–Crippen MR) is 122 cm³/mol. The number of piperazine rings is 1. The minimum absolute atomic E-state index is 0.156. The van der Waals surface area contributed by atoms with Crippen molar-refractivity contribution in [2.24, 2.45) is 0 Å². The summed E-state index contributed by atoms with van der Waals surface area (Å²) < 4.78 is 49.6. The fourth-order valence-corrected chi connectivity index (χ4v) is 5.27. The van der Waals surface area contributed by atoms with Crippen LogP contribution >= 0.6 is 0 Å². The molecule has 0 amide bonds. The quantitative estimate of drug-likeness (QED) is 0.581. The second-order valence-corrected chi connectivity index (χ2v) is 9.82. The first kappa shape index (κ1) is 23.6. The number of hydrogen-bond donors (Lipinski definition) is 1. The van der Waals surface area contributed by atoms with E-state index in [0.29, 0.717) is 69.8 Å². The van der Waals surface area contributed by atoms with E-state index in [4.69, 9.17) is 18.9 Å². The Kier molecular flexibility index (Phi) is 7.59. The van der Waals surface area contributed by atoms with Crippen molar-refractivity contribution in [2.75, 3.05) is 59.2 Å². The van der Waals surface area contributed by atoms with Crippen LogP contribution in [-0.4, -0.2) is 88.0 Å². The summed E-state index contributed by atoms with van der Waals surface area (Å²) in [5.41, 5.74) is 0. The number of aliphatic hydroxyl groups is 1. The third kappa shape index (κ3) is 5.89. The Balaban J connectivity index is 1.25. The number of nitrogens with zero attached hydrogens (tertiary/aromatic N) is 2. The Morgan fingerprint density at radius 1 is 0.939 bits per heavy atom. The van der Waals surface area contributed by atoms with Crippen LogP contribution in [0.4, 0.5) is 0 Å². The van der Waals surface area contributed by atoms with E-state index in [1.165, 1.54) is 10.4 Å². The van der Waals surface area contributed by atoms with Crippen molar-refractivity contribution in [3.8, 4) is 23.0 Å². The maximum absolute atomic E-state index is 13.1. The number of ether oxygens (including phenoxy) is 4. The molecule has 0 aromatic heterocycles. The lowest BCUT2D eigenvalue weighted by Crippen LogP contribution is -2.50. The molecule has 180 valence electrons. The first-order chi connectivity index (χ1) is 16.0. The lowest BCUT2D eigenvalue weighted by Gasteiger charge is -2.35. The summed E-state index contributed by atoms with van der Waals surface area (Å²) in [6.07, 6.45) is -0.683. The lowest BCUT2D eigenvalue weighted by molar-refractivity contribution is 0.0569. The first-order valence-electron chi connectivity index (χ1n) is 11.1. The van der Waals surface area contributed by atoms with Gasteiger partial charge >= 0.3 is 0 Å². The largest absolute Gasteiger partial charge is 0.494 e. The van der Waals surface area contributed by atoms with Crippen LogP contribution in [0.25, 0.3) is 0 Å². The van der Waals surface area contributed by atoms with E-state index in [1.54, 1.807) is 24.3 Å². The van der Waals surface area contributed by atoms with Gasteiger partial charge in [0.1, 0.15) is 37.4 Å². The minimum atomic E-state index is -3.63. The number of β-amino-alcohol motifs (C(OH)–C–C–N with tert-alkyl or cyclic N) is 1. The number of benzene rings is 2. The summed E-state index contributed by atoms with van der Waals surface area (Å²) in [4.78, 5) is 2.24. The van der Waals surface area contributed by atoms with Crippen LogP contribution in [0.15, 0.2) is 47.4 Å². The van der Waals surface area contributed by atoms with Crippen molar-refractivity contribution in [1.29, 1.82) is 0 Å². The summed E-state index contributed by atoms with van der Waals surface area (Å²) in [7, 11) is -3.63. The molecule has 2 heterocycles. The minimum Gasteiger partial charge on any atom is -0.494 e. The van der Waals surface area contributed by atoms with Crippen LogP contribution in [0.5, 0.6) is 23.0 Å². The van der Waals surface area contributed by atoms with Crippen molar-refractivity contribution in [1.82, 2.24) is 9.21 Å². The first-order valence-corrected chi connectivity index (χ1v) is 12.6. The van der Waals surface area contributed by atoms with Crippen LogP contribution in [0.1, 0.15) is 6.92 Å². The highest BCUT2D eigenvalue weighted by Gasteiger charge is 2.30. The van der Waals surface area contributed by atoms with E-state index >= 15 is 0 Å². The molecule has 1 atom stereocenters. The number of rotatable bonds is 9. The molecule has 33 heavy (non-hydrogen) atoms. The van der Waals surface area contributed by atoms with Gasteiger partial charge in [-0.05, 0) is 43.3 Å². The summed E-state index contributed by atoms with van der Waals surface area (Å²) in [5, 5.41) is 10.4. The molecule has 0 radical (unpaired) electrons. The standard InChI is InChI=1S/C23H30N2O7S/c1-2-29-19-3-5-20(6-4-19)32-17-18(26)16-24-9-11-25(12-10-24)33(27,28)21-7-8-22-23(15-21)31-14-13-30-22/h3-8,15,18,26H,2,9-14,16-17H2,1H3/t18-/m1/s1. The Morgan fingerprint density at radius 3 is 2.24 bits per heavy atom. The third-order valence-electron chi connectivity index (χ3n) is 5.53. The van der Waals surface area contributed by atoms with Crippen molar-refractivity contribution in [3.05, 3.63) is 42.5 Å². The van der Waals surface area contributed by atoms with Gasteiger partial charge < -0.3 is 24.1 Å². The second-order valence-electron chi connectivity index (χ2n) is 7.88. The van der Waals surface area contributed by atoms with Gasteiger partial charge in [-0.25, -0.2) is 8.42 Å². The van der Waals surface area contributed by atoms with E-state index in [1.807, 2.05) is 24.0 Å². The second kappa shape index (κ2) is 10.6. The van der Waals surface area contributed by atoms with Crippen molar-refractivity contribution in [2.45, 2.75) is 17.9 Å². The molecular formula is C23H30N2O7S. The molecule has 0 saturated carbocycles. The van der Waals surface area contributed by atoms with Crippen LogP contribution in [0.3, 0.4) is 0 Å². The monoisotopic (exact) mass is 478 g/mol. The van der Waals surface area contributed by atoms with Gasteiger partial charge in [0.15, 0.2) is 11.5 Å². The van der Waals surface area contributed by atoms with E-state index in [0.717, 1.165) is 5.75 Å². The number of hydrogen-bond acceptors (Lipinski definition) is 8. The molecule has 0 unspecified atom stereocenters. The highest BCUT2D eigenvalue weighted by Crippen LogP contribution is 2.33. The molecule has 2 aliphatic rings. The lowest BCUT2D eigenvalue weighted by atomic mass is 10.3. The van der Waals surface area contributed by atoms with E-state index in [2.05, 4.69) is 0 Å². The van der Waals surface area contributed by atoms with Crippen LogP contribution in [-0.2, 0) is 10.0 Å². The van der Waals surface area contributed by atoms with Crippen LogP contribution < -0.4 is 18.9 Å². The van der Waals surface area contributed by atoms with E-state index in [9.17, 15) is 13.5 Å². The molecule has 4 rings (SSSR count). The molecule has 0 bridgehead atoms. The SMILES string of the molecule is CCOc1ccc(OC[C@H](O)CN2CCN(S(=O)(=O)c3ccc4c(c3)OCCO4)CC2)cc1. The van der Waals surface area contributed by atoms with Gasteiger partial charge in [-0.3, -0.25) is 4.90 Å². The Bertz CT molecular complexity index is 1020. The third-order valence-corrected chi connectivity index (χ3v) is 7.42. The fraction of sp³-hybridized carbons (Fsp3) is 0.478. The molecule has 1 saturated heterocycles. The predicted octanol–water partition coefficient (Wildman–Crippen LogP) is 1.60. The summed E-state index contributed by atoms with van der Waals surface area (Å²) in [6.45, 7) is 5.72. The highest BCUT2D eigenvalue weighted by atomic mass is 32.2. The molecule has 2 aromatic rings. The zero-order valence-electron chi connectivity index (χ0n) is 18.7. The zero-order chi connectivity index (χ0) is 23.3. The Labute approximate surface area is 194 Å². The summed E-state index contributed by atoms with van der Waals surface area (Å²) in [5.74, 6) is 2.45. The zero-order valence-corrected chi connectivity index (χ0v) is 19.5. The normalized spacial score (nSPS) is 18.0. The average Bonchev–Trinajstić information content (AvgIpc) is 2.84. The van der Waals surface area contributed by atoms with Gasteiger partial charge in [-0.1, -0.05) is 0 Å². The average molecular weight is 479 g/mol. The van der Waals surface area contributed by atoms with E-state index < -0.39 is 16.1 Å². The highest BCUT2D eigenvalue weighted by molar-refractivity contribution is 7.89. The molecule has 1 N–H and O–H groups in total. The molecule has 2 aromatic carbocycles. The Morgan fingerprint density at radius 2 is 1.58 bits per heavy atom. The fourth-order valence-electron chi connectivity index (χ4n) is 3.83. The summed E-state index contributed by atoms with van der Waals surface area (Å²) in [6, 6.07) is 12.0. The maximum Gasteiger partial charge on any atom is 0.243 e. The molecule has 9 nitrogen and oxygen atoms in total. The molecule has 0 spiro atoms. The van der Waals surface area contributed by atoms with Gasteiger partial charge in [-0.2, -0.15) is 4.31 Å². The topological polar surface area (TPSA) is 97.8 Å². The maximum atomic E-state index is 13.1. The van der Waals surface area contributed by atoms with Crippen molar-refractivity contribution < 1.29 is 32.5 Å². The molecule has 0 aliphatic carbocycles. The number of sulfonamides is 1. The molecular weight excluding hydrogens is 448 g/mol. The smallest absolute Gasteiger partial charge is 0.243 e. The van der Waals surface area contributed by atoms with Crippen molar-refractivity contribution in [3.63, 3.8) is 0 Å². The Hall–Kier alpha value is -2.53. The molecule has 1 fully saturated rings. The number of fused-ring (bicyclic) bond motifs is 1. The van der Waals surface area contributed by atoms with Crippen molar-refractivity contribution >= 4 is 10.0 Å². The van der Waals surface area contributed by atoms with Gasteiger partial charge in [0, 0.05) is 38.8 Å². The van der Waals surface area contributed by atoms with Gasteiger partial charge in [0.05, 0.1) is 11.5 Å². The molecule has 2 aliphatic heterocycles. The van der Waals surface area contributed by atoms with Gasteiger partial charge in [-0.15, -0.1) is 0 Å². The van der Waals surface area contributed by atoms with Crippen LogP contribution in [0, 0.1) is 0 Å².